The van der Waals surface area contributed by atoms with E-state index in [1.165, 1.54) is 24.2 Å². The van der Waals surface area contributed by atoms with Crippen LogP contribution in [0.25, 0.3) is 0 Å². The van der Waals surface area contributed by atoms with E-state index in [-0.39, 0.29) is 0 Å². The molecule has 0 bridgehead atoms. The van der Waals surface area contributed by atoms with Gasteiger partial charge in [0.05, 0.1) is 27.7 Å². The van der Waals surface area contributed by atoms with Crippen LogP contribution in [0.15, 0.2) is 42.5 Å². The van der Waals surface area contributed by atoms with Gasteiger partial charge in [0.25, 0.3) is 0 Å². The highest BCUT2D eigenvalue weighted by atomic mass is 16.5. The third-order valence-corrected chi connectivity index (χ3v) is 4.63. The van der Waals surface area contributed by atoms with Gasteiger partial charge in [-0.05, 0) is 44.5 Å². The highest BCUT2D eigenvalue weighted by Crippen LogP contribution is 2.29. The van der Waals surface area contributed by atoms with Crippen LogP contribution >= 0.6 is 0 Å². The Morgan fingerprint density at radius 2 is 1.74 bits per heavy atom. The summed E-state index contributed by atoms with van der Waals surface area (Å²) in [4.78, 5) is 2.42. The summed E-state index contributed by atoms with van der Waals surface area (Å²) in [7, 11) is 6.73. The minimum absolute atomic E-state index is 0.863. The Labute approximate surface area is 165 Å². The van der Waals surface area contributed by atoms with E-state index >= 15 is 0 Å². The second-order valence-corrected chi connectivity index (χ2v) is 8.05. The predicted molar refractivity (Wildman–Crippen MR) is 117 cm³/mol. The second-order valence-electron chi connectivity index (χ2n) is 8.05. The fourth-order valence-electron chi connectivity index (χ4n) is 3.13. The van der Waals surface area contributed by atoms with Crippen LogP contribution in [0.2, 0.25) is 0 Å². The van der Waals surface area contributed by atoms with Crippen molar-refractivity contribution in [1.82, 2.24) is 0 Å². The minimum Gasteiger partial charge on any atom is -0.457 e. The number of rotatable bonds is 10. The molecule has 0 saturated heterocycles. The van der Waals surface area contributed by atoms with Crippen molar-refractivity contribution in [2.75, 3.05) is 57.5 Å². The van der Waals surface area contributed by atoms with E-state index in [0.29, 0.717) is 0 Å². The summed E-state index contributed by atoms with van der Waals surface area (Å²) in [5.74, 6) is 1.74. The van der Waals surface area contributed by atoms with Crippen LogP contribution in [0, 0.1) is 6.92 Å². The molecule has 0 fully saturated rings. The maximum Gasteiger partial charge on any atom is 0.129 e. The van der Waals surface area contributed by atoms with Crippen LogP contribution in [0.1, 0.15) is 25.8 Å². The largest absolute Gasteiger partial charge is 0.457 e. The zero-order valence-electron chi connectivity index (χ0n) is 17.9. The molecule has 0 aromatic heterocycles. The summed E-state index contributed by atoms with van der Waals surface area (Å²) in [5, 5.41) is 3.39. The van der Waals surface area contributed by atoms with E-state index in [1.54, 1.807) is 0 Å². The average molecular weight is 371 g/mol. The summed E-state index contributed by atoms with van der Waals surface area (Å²) in [6.07, 6.45) is 1.17. The normalized spacial score (nSPS) is 11.3. The van der Waals surface area contributed by atoms with E-state index in [9.17, 15) is 0 Å². The number of quaternary nitrogens is 1. The van der Waals surface area contributed by atoms with E-state index < -0.39 is 0 Å². The lowest BCUT2D eigenvalue weighted by Crippen LogP contribution is -2.37. The summed E-state index contributed by atoms with van der Waals surface area (Å²) >= 11 is 0. The Balaban J connectivity index is 2.08. The lowest BCUT2D eigenvalue weighted by molar-refractivity contribution is -0.870. The van der Waals surface area contributed by atoms with Gasteiger partial charge < -0.3 is 19.4 Å². The first-order chi connectivity index (χ1) is 12.8. The van der Waals surface area contributed by atoms with Gasteiger partial charge in [-0.3, -0.25) is 0 Å². The molecule has 148 valence electrons. The average Bonchev–Trinajstić information content (AvgIpc) is 2.61. The Morgan fingerprint density at radius 1 is 1.00 bits per heavy atom. The smallest absolute Gasteiger partial charge is 0.129 e. The quantitative estimate of drug-likeness (QED) is 0.586. The van der Waals surface area contributed by atoms with Crippen molar-refractivity contribution in [3.8, 4) is 11.5 Å². The minimum atomic E-state index is 0.863. The summed E-state index contributed by atoms with van der Waals surface area (Å²) < 4.78 is 7.15. The maximum atomic E-state index is 6.14. The molecule has 1 N–H and O–H groups in total. The van der Waals surface area contributed by atoms with Gasteiger partial charge in [0.1, 0.15) is 11.5 Å². The number of nitrogens with zero attached hydrogens (tertiary/aromatic N) is 2. The first-order valence-electron chi connectivity index (χ1n) is 10.00. The van der Waals surface area contributed by atoms with E-state index in [1.807, 2.05) is 12.1 Å². The van der Waals surface area contributed by atoms with Crippen molar-refractivity contribution in [3.05, 3.63) is 48.0 Å². The SMILES string of the molecule is CCNc1cc(Oc2cccc(N(CC)CCC[N+](C)(C)C)c2)ccc1C. The highest BCUT2D eigenvalue weighted by molar-refractivity contribution is 5.56. The molecular weight excluding hydrogens is 334 g/mol. The molecule has 0 aliphatic rings. The molecule has 0 amide bonds. The monoisotopic (exact) mass is 370 g/mol. The van der Waals surface area contributed by atoms with Crippen molar-refractivity contribution in [2.24, 2.45) is 0 Å². The van der Waals surface area contributed by atoms with Gasteiger partial charge in [-0.1, -0.05) is 12.1 Å². The molecule has 0 radical (unpaired) electrons. The molecule has 0 saturated carbocycles. The molecular formula is C23H36N3O+. The van der Waals surface area contributed by atoms with Gasteiger partial charge in [0.15, 0.2) is 0 Å². The highest BCUT2D eigenvalue weighted by Gasteiger charge is 2.10. The summed E-state index contributed by atoms with van der Waals surface area (Å²) in [6, 6.07) is 14.6. The third-order valence-electron chi connectivity index (χ3n) is 4.63. The third kappa shape index (κ3) is 6.79. The van der Waals surface area contributed by atoms with E-state index in [4.69, 9.17) is 4.74 Å². The Bertz CT molecular complexity index is 722. The van der Waals surface area contributed by atoms with Crippen molar-refractivity contribution in [1.29, 1.82) is 0 Å². The molecule has 4 heteroatoms. The molecule has 0 aliphatic heterocycles. The van der Waals surface area contributed by atoms with Crippen molar-refractivity contribution >= 4 is 11.4 Å². The maximum absolute atomic E-state index is 6.14. The number of hydrogen-bond acceptors (Lipinski definition) is 3. The summed E-state index contributed by atoms with van der Waals surface area (Å²) in [5.41, 5.74) is 3.57. The topological polar surface area (TPSA) is 24.5 Å². The van der Waals surface area contributed by atoms with E-state index in [0.717, 1.165) is 41.3 Å². The van der Waals surface area contributed by atoms with Gasteiger partial charge in [0, 0.05) is 49.6 Å². The van der Waals surface area contributed by atoms with Crippen LogP contribution in [-0.4, -0.2) is 51.8 Å². The number of anilines is 2. The van der Waals surface area contributed by atoms with Crippen molar-refractivity contribution in [2.45, 2.75) is 27.2 Å². The standard InChI is InChI=1S/C23H36N3O/c1-7-24-23-18-22(14-13-19(23)3)27-21-12-9-11-20(17-21)25(8-2)15-10-16-26(4,5)6/h9,11-14,17-18,24H,7-8,10,15-16H2,1-6H3/q+1. The van der Waals surface area contributed by atoms with Crippen LogP contribution in [0.3, 0.4) is 0 Å². The molecule has 0 unspecified atom stereocenters. The van der Waals surface area contributed by atoms with Crippen LogP contribution in [-0.2, 0) is 0 Å². The first-order valence-corrected chi connectivity index (χ1v) is 10.00. The van der Waals surface area contributed by atoms with Gasteiger partial charge >= 0.3 is 0 Å². The second kappa shape index (κ2) is 9.65. The number of hydrogen-bond donors (Lipinski definition) is 1. The van der Waals surface area contributed by atoms with E-state index in [2.05, 4.69) is 82.5 Å². The molecule has 2 aromatic carbocycles. The van der Waals surface area contributed by atoms with Gasteiger partial charge in [-0.15, -0.1) is 0 Å². The lowest BCUT2D eigenvalue weighted by Gasteiger charge is -2.27. The van der Waals surface area contributed by atoms with Crippen LogP contribution < -0.4 is 15.0 Å². The number of benzene rings is 2. The molecule has 0 aliphatic carbocycles. The van der Waals surface area contributed by atoms with Crippen LogP contribution in [0.5, 0.6) is 11.5 Å². The number of nitrogens with one attached hydrogen (secondary N) is 1. The molecule has 0 atom stereocenters. The molecule has 2 rings (SSSR count). The molecule has 4 nitrogen and oxygen atoms in total. The number of ether oxygens (including phenoxy) is 1. The predicted octanol–water partition coefficient (Wildman–Crippen LogP) is 5.14. The Morgan fingerprint density at radius 3 is 2.41 bits per heavy atom. The molecule has 27 heavy (non-hydrogen) atoms. The van der Waals surface area contributed by atoms with Crippen LogP contribution in [0.4, 0.5) is 11.4 Å². The molecule has 2 aromatic rings. The zero-order valence-corrected chi connectivity index (χ0v) is 17.9. The Kier molecular flexibility index (Phi) is 7.55. The molecule has 0 spiro atoms. The van der Waals surface area contributed by atoms with Gasteiger partial charge in [-0.2, -0.15) is 0 Å². The fourth-order valence-corrected chi connectivity index (χ4v) is 3.13. The fraction of sp³-hybridized carbons (Fsp3) is 0.478. The summed E-state index contributed by atoms with van der Waals surface area (Å²) in [6.45, 7) is 10.6. The zero-order chi connectivity index (χ0) is 19.9. The van der Waals surface area contributed by atoms with Gasteiger partial charge in [-0.25, -0.2) is 0 Å². The lowest BCUT2D eigenvalue weighted by atomic mass is 10.2. The Hall–Kier alpha value is -2.20. The van der Waals surface area contributed by atoms with Crippen molar-refractivity contribution in [3.63, 3.8) is 0 Å². The number of aryl methyl sites for hydroxylation is 1. The first kappa shape index (κ1) is 21.1. The van der Waals surface area contributed by atoms with Gasteiger partial charge in [0.2, 0.25) is 0 Å². The molecule has 0 heterocycles. The van der Waals surface area contributed by atoms with Crippen molar-refractivity contribution < 1.29 is 9.22 Å².